The molecule has 1 aromatic carbocycles. The second kappa shape index (κ2) is 5.13. The van der Waals surface area contributed by atoms with Crippen molar-refractivity contribution < 1.29 is 4.42 Å². The molecule has 3 aromatic rings. The second-order valence-electron chi connectivity index (χ2n) is 6.18. The Morgan fingerprint density at radius 3 is 2.77 bits per heavy atom. The first kappa shape index (κ1) is 13.8. The van der Waals surface area contributed by atoms with Crippen LogP contribution in [0.1, 0.15) is 25.6 Å². The zero-order valence-electron chi connectivity index (χ0n) is 12.8. The van der Waals surface area contributed by atoms with Gasteiger partial charge < -0.3 is 9.32 Å². The lowest BCUT2D eigenvalue weighted by Crippen LogP contribution is -2.33. The van der Waals surface area contributed by atoms with Crippen molar-refractivity contribution in [1.82, 2.24) is 9.97 Å². The molecule has 1 aliphatic rings. The van der Waals surface area contributed by atoms with Gasteiger partial charge in [0.15, 0.2) is 11.4 Å². The predicted molar refractivity (Wildman–Crippen MR) is 89.7 cm³/mol. The van der Waals surface area contributed by atoms with E-state index in [2.05, 4.69) is 21.8 Å². The van der Waals surface area contributed by atoms with Gasteiger partial charge in [-0.2, -0.15) is 0 Å². The molecule has 0 amide bonds. The topological polar surface area (TPSA) is 42.2 Å². The molecule has 5 heteroatoms. The van der Waals surface area contributed by atoms with Crippen molar-refractivity contribution in [3.63, 3.8) is 0 Å². The third-order valence-electron chi connectivity index (χ3n) is 4.45. The normalized spacial score (nSPS) is 16.8. The van der Waals surface area contributed by atoms with Gasteiger partial charge in [-0.3, -0.25) is 0 Å². The van der Waals surface area contributed by atoms with E-state index >= 15 is 0 Å². The number of hydrogen-bond donors (Lipinski definition) is 0. The summed E-state index contributed by atoms with van der Waals surface area (Å²) in [5.74, 6) is 2.47. The smallest absolute Gasteiger partial charge is 0.196 e. The molecule has 0 atom stereocenters. The Hall–Kier alpha value is -1.81. The third kappa shape index (κ3) is 2.22. The van der Waals surface area contributed by atoms with Gasteiger partial charge in [0.2, 0.25) is 0 Å². The van der Waals surface area contributed by atoms with E-state index in [1.165, 1.54) is 12.8 Å². The SMILES string of the molecule is Cc1nc(N2CCC(C)CC2)c2oc3ccc(Cl)cc3c2n1. The molecule has 22 heavy (non-hydrogen) atoms. The average molecular weight is 316 g/mol. The first-order valence-corrected chi connectivity index (χ1v) is 8.11. The summed E-state index contributed by atoms with van der Waals surface area (Å²) in [6, 6.07) is 5.66. The fraction of sp³-hybridized carbons (Fsp3) is 0.412. The highest BCUT2D eigenvalue weighted by Crippen LogP contribution is 2.35. The van der Waals surface area contributed by atoms with E-state index in [1.807, 2.05) is 25.1 Å². The Kier molecular flexibility index (Phi) is 3.22. The molecule has 4 nitrogen and oxygen atoms in total. The molecule has 0 spiro atoms. The van der Waals surface area contributed by atoms with Crippen molar-refractivity contribution >= 4 is 39.5 Å². The number of fused-ring (bicyclic) bond motifs is 3. The van der Waals surface area contributed by atoms with Gasteiger partial charge in [-0.1, -0.05) is 18.5 Å². The summed E-state index contributed by atoms with van der Waals surface area (Å²) in [6.45, 7) is 6.27. The van der Waals surface area contributed by atoms with Gasteiger partial charge in [0, 0.05) is 23.5 Å². The number of nitrogens with zero attached hydrogens (tertiary/aromatic N) is 3. The van der Waals surface area contributed by atoms with Crippen molar-refractivity contribution in [2.24, 2.45) is 5.92 Å². The standard InChI is InChI=1S/C17H18ClN3O/c1-10-5-7-21(8-6-10)17-16-15(19-11(2)20-17)13-9-12(18)3-4-14(13)22-16/h3-4,9-10H,5-8H2,1-2H3. The maximum absolute atomic E-state index is 6.12. The Labute approximate surface area is 134 Å². The molecule has 3 heterocycles. The van der Waals surface area contributed by atoms with Gasteiger partial charge in [-0.15, -0.1) is 0 Å². The van der Waals surface area contributed by atoms with Gasteiger partial charge in [-0.25, -0.2) is 9.97 Å². The van der Waals surface area contributed by atoms with Crippen molar-refractivity contribution in [3.8, 4) is 0 Å². The summed E-state index contributed by atoms with van der Waals surface area (Å²) >= 11 is 6.12. The average Bonchev–Trinajstić information content (AvgIpc) is 2.85. The molecule has 0 unspecified atom stereocenters. The van der Waals surface area contributed by atoms with Crippen LogP contribution in [0.3, 0.4) is 0 Å². The minimum absolute atomic E-state index is 0.694. The molecule has 4 rings (SSSR count). The summed E-state index contributed by atoms with van der Waals surface area (Å²) in [6.07, 6.45) is 2.38. The first-order valence-electron chi connectivity index (χ1n) is 7.73. The maximum Gasteiger partial charge on any atom is 0.196 e. The third-order valence-corrected chi connectivity index (χ3v) is 4.69. The summed E-state index contributed by atoms with van der Waals surface area (Å²) in [7, 11) is 0. The molecular weight excluding hydrogens is 298 g/mol. The molecule has 0 radical (unpaired) electrons. The molecule has 114 valence electrons. The largest absolute Gasteiger partial charge is 0.450 e. The van der Waals surface area contributed by atoms with Crippen LogP contribution in [0.15, 0.2) is 22.6 Å². The van der Waals surface area contributed by atoms with E-state index in [-0.39, 0.29) is 0 Å². The fourth-order valence-corrected chi connectivity index (χ4v) is 3.32. The minimum Gasteiger partial charge on any atom is -0.450 e. The number of aromatic nitrogens is 2. The zero-order chi connectivity index (χ0) is 15.3. The molecular formula is C17H18ClN3O. The van der Waals surface area contributed by atoms with Crippen molar-refractivity contribution in [2.45, 2.75) is 26.7 Å². The Morgan fingerprint density at radius 1 is 1.23 bits per heavy atom. The highest BCUT2D eigenvalue weighted by molar-refractivity contribution is 6.31. The van der Waals surface area contributed by atoms with Crippen LogP contribution in [-0.2, 0) is 0 Å². The van der Waals surface area contributed by atoms with E-state index in [0.717, 1.165) is 52.7 Å². The lowest BCUT2D eigenvalue weighted by atomic mass is 9.99. The van der Waals surface area contributed by atoms with Crippen LogP contribution in [0.5, 0.6) is 0 Å². The van der Waals surface area contributed by atoms with E-state index in [4.69, 9.17) is 16.0 Å². The van der Waals surface area contributed by atoms with Crippen LogP contribution < -0.4 is 4.90 Å². The molecule has 0 bridgehead atoms. The van der Waals surface area contributed by atoms with Crippen LogP contribution in [0.25, 0.3) is 22.1 Å². The summed E-state index contributed by atoms with van der Waals surface area (Å²) in [5, 5.41) is 1.65. The van der Waals surface area contributed by atoms with Gasteiger partial charge >= 0.3 is 0 Å². The lowest BCUT2D eigenvalue weighted by Gasteiger charge is -2.31. The van der Waals surface area contributed by atoms with Gasteiger partial charge in [0.05, 0.1) is 0 Å². The van der Waals surface area contributed by atoms with E-state index in [1.54, 1.807) is 0 Å². The highest BCUT2D eigenvalue weighted by Gasteiger charge is 2.23. The number of rotatable bonds is 1. The molecule has 0 saturated carbocycles. The quantitative estimate of drug-likeness (QED) is 0.659. The second-order valence-corrected chi connectivity index (χ2v) is 6.62. The number of benzene rings is 1. The summed E-state index contributed by atoms with van der Waals surface area (Å²) in [5.41, 5.74) is 2.45. The summed E-state index contributed by atoms with van der Waals surface area (Å²) < 4.78 is 6.05. The first-order chi connectivity index (χ1) is 10.6. The van der Waals surface area contributed by atoms with Gasteiger partial charge in [-0.05, 0) is 43.9 Å². The number of piperidine rings is 1. The van der Waals surface area contributed by atoms with E-state index < -0.39 is 0 Å². The van der Waals surface area contributed by atoms with Crippen molar-refractivity contribution in [1.29, 1.82) is 0 Å². The van der Waals surface area contributed by atoms with Gasteiger partial charge in [0.1, 0.15) is 16.9 Å². The van der Waals surface area contributed by atoms with Crippen molar-refractivity contribution in [3.05, 3.63) is 29.0 Å². The Morgan fingerprint density at radius 2 is 2.00 bits per heavy atom. The summed E-state index contributed by atoms with van der Waals surface area (Å²) in [4.78, 5) is 11.6. The molecule has 1 fully saturated rings. The molecule has 2 aromatic heterocycles. The van der Waals surface area contributed by atoms with E-state index in [0.29, 0.717) is 5.02 Å². The Balaban J connectivity index is 1.92. The number of halogens is 1. The van der Waals surface area contributed by atoms with Crippen LogP contribution in [0.2, 0.25) is 5.02 Å². The number of furan rings is 1. The van der Waals surface area contributed by atoms with Crippen LogP contribution in [0, 0.1) is 12.8 Å². The van der Waals surface area contributed by atoms with Crippen LogP contribution in [0.4, 0.5) is 5.82 Å². The monoisotopic (exact) mass is 315 g/mol. The molecule has 0 N–H and O–H groups in total. The number of aryl methyl sites for hydroxylation is 1. The Bertz CT molecular complexity index is 850. The number of anilines is 1. The lowest BCUT2D eigenvalue weighted by molar-refractivity contribution is 0.436. The van der Waals surface area contributed by atoms with Crippen LogP contribution in [-0.4, -0.2) is 23.1 Å². The van der Waals surface area contributed by atoms with Gasteiger partial charge in [0.25, 0.3) is 0 Å². The molecule has 0 aliphatic carbocycles. The fourth-order valence-electron chi connectivity index (χ4n) is 3.14. The molecule has 1 aliphatic heterocycles. The van der Waals surface area contributed by atoms with E-state index in [9.17, 15) is 0 Å². The molecule has 1 saturated heterocycles. The predicted octanol–water partition coefficient (Wildman–Crippen LogP) is 4.57. The maximum atomic E-state index is 6.12. The minimum atomic E-state index is 0.694. The number of hydrogen-bond acceptors (Lipinski definition) is 4. The highest BCUT2D eigenvalue weighted by atomic mass is 35.5. The van der Waals surface area contributed by atoms with Crippen LogP contribution >= 0.6 is 11.6 Å². The van der Waals surface area contributed by atoms with Crippen molar-refractivity contribution in [2.75, 3.05) is 18.0 Å². The zero-order valence-corrected chi connectivity index (χ0v) is 13.5.